The summed E-state index contributed by atoms with van der Waals surface area (Å²) in [5.74, 6) is 0. The van der Waals surface area contributed by atoms with Gasteiger partial charge in [-0.15, -0.1) is 0 Å². The lowest BCUT2D eigenvalue weighted by molar-refractivity contribution is -0.367. The average Bonchev–Trinajstić information content (AvgIpc) is 2.82. The Hall–Kier alpha value is -0.440. The molecule has 2 saturated heterocycles. The highest BCUT2D eigenvalue weighted by atomic mass is 16.8. The van der Waals surface area contributed by atoms with Gasteiger partial charge in [-0.05, 0) is 6.42 Å². The molecular weight excluding hydrogens is 440 g/mol. The van der Waals surface area contributed by atoms with Crippen LogP contribution in [0.3, 0.4) is 0 Å². The minimum atomic E-state index is -1.68. The van der Waals surface area contributed by atoms with Crippen molar-refractivity contribution in [1.82, 2.24) is 0 Å². The van der Waals surface area contributed by atoms with E-state index >= 15 is 0 Å². The van der Waals surface area contributed by atoms with Gasteiger partial charge < -0.3 is 54.7 Å². The third kappa shape index (κ3) is 8.04. The van der Waals surface area contributed by atoms with E-state index in [-0.39, 0.29) is 6.61 Å². The van der Waals surface area contributed by atoms with Crippen molar-refractivity contribution in [3.8, 4) is 0 Å². The van der Waals surface area contributed by atoms with E-state index < -0.39 is 74.6 Å². The first-order valence-corrected chi connectivity index (χ1v) is 12.1. The van der Waals surface area contributed by atoms with Crippen LogP contribution < -0.4 is 0 Å². The van der Waals surface area contributed by atoms with E-state index in [9.17, 15) is 35.7 Å². The number of aliphatic hydroxyl groups excluding tert-OH is 7. The smallest absolute Gasteiger partial charge is 0.187 e. The van der Waals surface area contributed by atoms with E-state index in [4.69, 9.17) is 18.9 Å². The number of rotatable bonds is 14. The molecule has 0 radical (unpaired) electrons. The number of unbranched alkanes of at least 4 members (excludes halogenated alkanes) is 7. The van der Waals surface area contributed by atoms with Crippen molar-refractivity contribution in [2.75, 3.05) is 19.8 Å². The molecule has 33 heavy (non-hydrogen) atoms. The standard InChI is InChI=1S/C22H42O11/c1-2-3-4-5-6-7-8-9-10-30-22-20(18(28)16(26)14(12-24)32-22)33-21-19(29)17(27)15(25)13(11-23)31-21/h13-29H,2-12H2,1H3/t13-,14-,15-,16-,17+,18+,19-,20-,21?,22?/m1/s1. The zero-order valence-electron chi connectivity index (χ0n) is 19.3. The van der Waals surface area contributed by atoms with Gasteiger partial charge in [-0.1, -0.05) is 51.9 Å². The van der Waals surface area contributed by atoms with Crippen molar-refractivity contribution in [2.24, 2.45) is 0 Å². The molecule has 0 saturated carbocycles. The number of hydrogen-bond acceptors (Lipinski definition) is 11. The van der Waals surface area contributed by atoms with Gasteiger partial charge in [-0.25, -0.2) is 0 Å². The van der Waals surface area contributed by atoms with Gasteiger partial charge in [0.1, 0.15) is 48.8 Å². The Morgan fingerprint density at radius 3 is 1.70 bits per heavy atom. The number of hydrogen-bond donors (Lipinski definition) is 7. The highest BCUT2D eigenvalue weighted by Gasteiger charge is 2.50. The lowest BCUT2D eigenvalue weighted by atomic mass is 9.97. The van der Waals surface area contributed by atoms with E-state index in [1.54, 1.807) is 0 Å². The Balaban J connectivity index is 1.92. The van der Waals surface area contributed by atoms with Crippen LogP contribution in [0.1, 0.15) is 58.3 Å². The first-order chi connectivity index (χ1) is 15.8. The normalized spacial score (nSPS) is 39.6. The van der Waals surface area contributed by atoms with Crippen molar-refractivity contribution in [3.05, 3.63) is 0 Å². The highest BCUT2D eigenvalue weighted by Crippen LogP contribution is 2.29. The van der Waals surface area contributed by atoms with Crippen molar-refractivity contribution in [1.29, 1.82) is 0 Å². The fraction of sp³-hybridized carbons (Fsp3) is 1.00. The Morgan fingerprint density at radius 1 is 0.606 bits per heavy atom. The maximum atomic E-state index is 10.6. The first kappa shape index (κ1) is 28.8. The summed E-state index contributed by atoms with van der Waals surface area (Å²) >= 11 is 0. The van der Waals surface area contributed by atoms with Crippen LogP contribution in [0.2, 0.25) is 0 Å². The third-order valence-electron chi connectivity index (χ3n) is 6.24. The van der Waals surface area contributed by atoms with Crippen LogP contribution in [0.25, 0.3) is 0 Å². The topological polar surface area (TPSA) is 179 Å². The summed E-state index contributed by atoms with van der Waals surface area (Å²) in [7, 11) is 0. The molecule has 0 aromatic carbocycles. The molecule has 0 aliphatic carbocycles. The summed E-state index contributed by atoms with van der Waals surface area (Å²) in [6.45, 7) is 1.27. The first-order valence-electron chi connectivity index (χ1n) is 12.1. The second-order valence-corrected chi connectivity index (χ2v) is 8.85. The molecule has 2 heterocycles. The quantitative estimate of drug-likeness (QED) is 0.147. The van der Waals surface area contributed by atoms with Gasteiger partial charge >= 0.3 is 0 Å². The molecule has 0 aromatic heterocycles. The van der Waals surface area contributed by atoms with Crippen molar-refractivity contribution in [2.45, 2.75) is 120 Å². The zero-order chi connectivity index (χ0) is 24.4. The largest absolute Gasteiger partial charge is 0.394 e. The van der Waals surface area contributed by atoms with Crippen LogP contribution in [0.15, 0.2) is 0 Å². The van der Waals surface area contributed by atoms with Crippen molar-refractivity contribution < 1.29 is 54.7 Å². The molecule has 0 spiro atoms. The molecule has 2 fully saturated rings. The predicted molar refractivity (Wildman–Crippen MR) is 115 cm³/mol. The maximum Gasteiger partial charge on any atom is 0.187 e. The molecule has 2 aliphatic heterocycles. The summed E-state index contributed by atoms with van der Waals surface area (Å²) < 4.78 is 22.3. The zero-order valence-corrected chi connectivity index (χ0v) is 19.3. The van der Waals surface area contributed by atoms with Crippen LogP contribution in [0, 0.1) is 0 Å². The fourth-order valence-corrected chi connectivity index (χ4v) is 4.11. The van der Waals surface area contributed by atoms with Gasteiger partial charge in [-0.3, -0.25) is 0 Å². The summed E-state index contributed by atoms with van der Waals surface area (Å²) in [6.07, 6.45) is -5.46. The molecule has 2 unspecified atom stereocenters. The summed E-state index contributed by atoms with van der Waals surface area (Å²) in [5.41, 5.74) is 0. The molecule has 0 aromatic rings. The van der Waals surface area contributed by atoms with Gasteiger partial charge in [0.25, 0.3) is 0 Å². The molecule has 2 rings (SSSR count). The number of ether oxygens (including phenoxy) is 4. The van der Waals surface area contributed by atoms with E-state index in [2.05, 4.69) is 6.92 Å². The van der Waals surface area contributed by atoms with Gasteiger partial charge in [0.2, 0.25) is 0 Å². The molecule has 11 nitrogen and oxygen atoms in total. The van der Waals surface area contributed by atoms with Gasteiger partial charge in [0, 0.05) is 6.61 Å². The SMILES string of the molecule is CCCCCCCCCCOC1O[C@H](CO)[C@@H](O)[C@H](O)[C@H]1OC1O[C@H](CO)[C@@H](O)[C@H](O)[C@H]1O. The molecule has 11 heteroatoms. The lowest BCUT2D eigenvalue weighted by Gasteiger charge is -2.45. The lowest BCUT2D eigenvalue weighted by Crippen LogP contribution is -2.64. The Morgan fingerprint density at radius 2 is 1.12 bits per heavy atom. The van der Waals surface area contributed by atoms with Crippen LogP contribution in [0.4, 0.5) is 0 Å². The summed E-state index contributed by atoms with van der Waals surface area (Å²) in [4.78, 5) is 0. The third-order valence-corrected chi connectivity index (χ3v) is 6.24. The summed E-state index contributed by atoms with van der Waals surface area (Å²) in [6, 6.07) is 0. The van der Waals surface area contributed by atoms with Gasteiger partial charge in [0.05, 0.1) is 13.2 Å². The predicted octanol–water partition coefficient (Wildman–Crippen LogP) is -1.23. The van der Waals surface area contributed by atoms with E-state index in [0.29, 0.717) is 0 Å². The van der Waals surface area contributed by atoms with Crippen LogP contribution >= 0.6 is 0 Å². The minimum absolute atomic E-state index is 0.287. The van der Waals surface area contributed by atoms with E-state index in [1.165, 1.54) is 25.7 Å². The van der Waals surface area contributed by atoms with Crippen molar-refractivity contribution in [3.63, 3.8) is 0 Å². The minimum Gasteiger partial charge on any atom is -0.394 e. The van der Waals surface area contributed by atoms with E-state index in [1.807, 2.05) is 0 Å². The Bertz CT molecular complexity index is 523. The Kier molecular flexibility index (Phi) is 13.0. The second kappa shape index (κ2) is 14.8. The van der Waals surface area contributed by atoms with Crippen molar-refractivity contribution >= 4 is 0 Å². The fourth-order valence-electron chi connectivity index (χ4n) is 4.11. The van der Waals surface area contributed by atoms with Gasteiger partial charge in [0.15, 0.2) is 12.6 Å². The second-order valence-electron chi connectivity index (χ2n) is 8.85. The average molecular weight is 483 g/mol. The molecule has 196 valence electrons. The monoisotopic (exact) mass is 482 g/mol. The molecule has 2 aliphatic rings. The van der Waals surface area contributed by atoms with Crippen LogP contribution in [0.5, 0.6) is 0 Å². The maximum absolute atomic E-state index is 10.6. The molecule has 7 N–H and O–H groups in total. The summed E-state index contributed by atoms with van der Waals surface area (Å²) in [5, 5.41) is 69.7. The Labute approximate surface area is 194 Å². The van der Waals surface area contributed by atoms with Crippen LogP contribution in [-0.2, 0) is 18.9 Å². The molecule has 0 amide bonds. The van der Waals surface area contributed by atoms with E-state index in [0.717, 1.165) is 25.7 Å². The molecular formula is C22H42O11. The highest BCUT2D eigenvalue weighted by molar-refractivity contribution is 4.93. The number of aliphatic hydroxyl groups is 7. The van der Waals surface area contributed by atoms with Crippen LogP contribution in [-0.4, -0.2) is 117 Å². The molecule has 0 bridgehead atoms. The van der Waals surface area contributed by atoms with Gasteiger partial charge in [-0.2, -0.15) is 0 Å². The molecule has 10 atom stereocenters.